The van der Waals surface area contributed by atoms with Crippen LogP contribution in [0.5, 0.6) is 0 Å². The summed E-state index contributed by atoms with van der Waals surface area (Å²) in [7, 11) is 0. The third-order valence-corrected chi connectivity index (χ3v) is 3.12. The number of nitrogens with one attached hydrogen (secondary N) is 1. The van der Waals surface area contributed by atoms with E-state index >= 15 is 0 Å². The van der Waals surface area contributed by atoms with Crippen LogP contribution in [0, 0.1) is 0 Å². The summed E-state index contributed by atoms with van der Waals surface area (Å²) < 4.78 is 0.853. The normalized spacial score (nSPS) is 10.2. The molecule has 3 heteroatoms. The predicted octanol–water partition coefficient (Wildman–Crippen LogP) is 4.02. The van der Waals surface area contributed by atoms with Crippen molar-refractivity contribution in [2.45, 2.75) is 19.9 Å². The molecule has 1 heterocycles. The minimum absolute atomic E-state index is 0.813. The molecule has 0 saturated heterocycles. The third kappa shape index (κ3) is 3.30. The molecule has 2 aromatic rings. The summed E-state index contributed by atoms with van der Waals surface area (Å²) in [5, 5.41) is 3.34. The Hall–Kier alpha value is -1.35. The smallest absolute Gasteiger partial charge is 0.127 e. The number of benzene rings is 1. The lowest BCUT2D eigenvalue weighted by Gasteiger charge is -2.09. The van der Waals surface area contributed by atoms with E-state index in [0.717, 1.165) is 23.4 Å². The van der Waals surface area contributed by atoms with E-state index in [1.807, 2.05) is 18.2 Å². The highest BCUT2D eigenvalue weighted by atomic mass is 79.9. The van der Waals surface area contributed by atoms with Crippen LogP contribution in [0.25, 0.3) is 0 Å². The number of anilines is 1. The summed E-state index contributed by atoms with van der Waals surface area (Å²) in [6, 6.07) is 14.4. The van der Waals surface area contributed by atoms with Crippen LogP contribution in [0.3, 0.4) is 0 Å². The molecule has 2 nitrogen and oxygen atoms in total. The van der Waals surface area contributed by atoms with Crippen LogP contribution in [0.2, 0.25) is 0 Å². The standard InChI is InChI=1S/C14H15BrN2/c1-2-11-6-3-4-7-12(11)10-16-14-9-5-8-13(15)17-14/h3-9H,2,10H2,1H3,(H,16,17). The number of rotatable bonds is 4. The van der Waals surface area contributed by atoms with Crippen LogP contribution in [0.1, 0.15) is 18.1 Å². The van der Waals surface area contributed by atoms with Gasteiger partial charge in [0.25, 0.3) is 0 Å². The zero-order valence-electron chi connectivity index (χ0n) is 9.78. The Morgan fingerprint density at radius 3 is 2.53 bits per heavy atom. The summed E-state index contributed by atoms with van der Waals surface area (Å²) in [6.45, 7) is 2.99. The zero-order chi connectivity index (χ0) is 12.1. The summed E-state index contributed by atoms with van der Waals surface area (Å²) >= 11 is 3.37. The summed E-state index contributed by atoms with van der Waals surface area (Å²) in [6.07, 6.45) is 1.06. The highest BCUT2D eigenvalue weighted by Crippen LogP contribution is 2.14. The van der Waals surface area contributed by atoms with Gasteiger partial charge in [-0.3, -0.25) is 0 Å². The van der Waals surface area contributed by atoms with Crippen molar-refractivity contribution in [1.29, 1.82) is 0 Å². The molecular formula is C14H15BrN2. The molecule has 0 aliphatic rings. The van der Waals surface area contributed by atoms with Crippen molar-refractivity contribution in [2.75, 3.05) is 5.32 Å². The maximum atomic E-state index is 4.35. The number of halogens is 1. The number of nitrogens with zero attached hydrogens (tertiary/aromatic N) is 1. The molecule has 0 spiro atoms. The molecule has 1 aromatic carbocycles. The van der Waals surface area contributed by atoms with E-state index in [0.29, 0.717) is 0 Å². The van der Waals surface area contributed by atoms with E-state index in [1.54, 1.807) is 0 Å². The third-order valence-electron chi connectivity index (χ3n) is 2.67. The second-order valence-electron chi connectivity index (χ2n) is 3.82. The Labute approximate surface area is 110 Å². The fraction of sp³-hybridized carbons (Fsp3) is 0.214. The van der Waals surface area contributed by atoms with Crippen molar-refractivity contribution >= 4 is 21.7 Å². The Morgan fingerprint density at radius 2 is 1.82 bits per heavy atom. The molecule has 88 valence electrons. The molecule has 0 aliphatic carbocycles. The van der Waals surface area contributed by atoms with Crippen molar-refractivity contribution in [3.8, 4) is 0 Å². The quantitative estimate of drug-likeness (QED) is 0.861. The Kier molecular flexibility index (Phi) is 4.15. The Balaban J connectivity index is 2.07. The van der Waals surface area contributed by atoms with Crippen molar-refractivity contribution in [3.63, 3.8) is 0 Å². The fourth-order valence-corrected chi connectivity index (χ4v) is 2.11. The molecule has 0 atom stereocenters. The van der Waals surface area contributed by atoms with Crippen LogP contribution in [0.4, 0.5) is 5.82 Å². The average molecular weight is 291 g/mol. The second-order valence-corrected chi connectivity index (χ2v) is 4.63. The summed E-state index contributed by atoms with van der Waals surface area (Å²) in [4.78, 5) is 4.35. The minimum atomic E-state index is 0.813. The SMILES string of the molecule is CCc1ccccc1CNc1cccc(Br)n1. The number of pyridine rings is 1. The van der Waals surface area contributed by atoms with Gasteiger partial charge in [-0.2, -0.15) is 0 Å². The first kappa shape index (κ1) is 12.1. The number of hydrogen-bond acceptors (Lipinski definition) is 2. The highest BCUT2D eigenvalue weighted by molar-refractivity contribution is 9.10. The monoisotopic (exact) mass is 290 g/mol. The maximum absolute atomic E-state index is 4.35. The Bertz CT molecular complexity index is 497. The number of aryl methyl sites for hydroxylation is 1. The molecular weight excluding hydrogens is 276 g/mol. The van der Waals surface area contributed by atoms with Crippen molar-refractivity contribution < 1.29 is 0 Å². The lowest BCUT2D eigenvalue weighted by Crippen LogP contribution is -2.03. The lowest BCUT2D eigenvalue weighted by atomic mass is 10.1. The molecule has 1 N–H and O–H groups in total. The fourth-order valence-electron chi connectivity index (χ4n) is 1.77. The van der Waals surface area contributed by atoms with Gasteiger partial charge in [0.05, 0.1) is 0 Å². The molecule has 0 fully saturated rings. The average Bonchev–Trinajstić information content (AvgIpc) is 2.37. The van der Waals surface area contributed by atoms with E-state index in [2.05, 4.69) is 57.4 Å². The van der Waals surface area contributed by atoms with Crippen molar-refractivity contribution in [2.24, 2.45) is 0 Å². The molecule has 0 bridgehead atoms. The van der Waals surface area contributed by atoms with E-state index in [4.69, 9.17) is 0 Å². The van der Waals surface area contributed by atoms with Crippen LogP contribution in [0.15, 0.2) is 47.1 Å². The topological polar surface area (TPSA) is 24.9 Å². The molecule has 0 amide bonds. The van der Waals surface area contributed by atoms with Gasteiger partial charge in [-0.15, -0.1) is 0 Å². The molecule has 0 saturated carbocycles. The van der Waals surface area contributed by atoms with Crippen LogP contribution in [-0.4, -0.2) is 4.98 Å². The maximum Gasteiger partial charge on any atom is 0.127 e. The lowest BCUT2D eigenvalue weighted by molar-refractivity contribution is 1.03. The van der Waals surface area contributed by atoms with Gasteiger partial charge in [-0.25, -0.2) is 4.98 Å². The molecule has 17 heavy (non-hydrogen) atoms. The first-order valence-corrected chi connectivity index (χ1v) is 6.52. The number of aromatic nitrogens is 1. The summed E-state index contributed by atoms with van der Waals surface area (Å²) in [5.41, 5.74) is 2.71. The predicted molar refractivity (Wildman–Crippen MR) is 75.1 cm³/mol. The molecule has 1 aromatic heterocycles. The van der Waals surface area contributed by atoms with Gasteiger partial charge in [0.1, 0.15) is 10.4 Å². The first-order valence-electron chi connectivity index (χ1n) is 5.73. The van der Waals surface area contributed by atoms with E-state index in [9.17, 15) is 0 Å². The van der Waals surface area contributed by atoms with Crippen molar-refractivity contribution in [1.82, 2.24) is 4.98 Å². The van der Waals surface area contributed by atoms with Gasteiger partial charge >= 0.3 is 0 Å². The summed E-state index contributed by atoms with van der Waals surface area (Å²) in [5.74, 6) is 0.894. The molecule has 0 aliphatic heterocycles. The van der Waals surface area contributed by atoms with E-state index in [-0.39, 0.29) is 0 Å². The molecule has 2 rings (SSSR count). The van der Waals surface area contributed by atoms with Gasteiger partial charge in [-0.05, 0) is 45.6 Å². The second kappa shape index (κ2) is 5.82. The van der Waals surface area contributed by atoms with Gasteiger partial charge < -0.3 is 5.32 Å². The van der Waals surface area contributed by atoms with Gasteiger partial charge in [-0.1, -0.05) is 37.3 Å². The largest absolute Gasteiger partial charge is 0.366 e. The number of hydrogen-bond donors (Lipinski definition) is 1. The molecule has 0 unspecified atom stereocenters. The van der Waals surface area contributed by atoms with Crippen LogP contribution < -0.4 is 5.32 Å². The van der Waals surface area contributed by atoms with Gasteiger partial charge in [0.15, 0.2) is 0 Å². The van der Waals surface area contributed by atoms with E-state index in [1.165, 1.54) is 11.1 Å². The van der Waals surface area contributed by atoms with E-state index < -0.39 is 0 Å². The van der Waals surface area contributed by atoms with Crippen molar-refractivity contribution in [3.05, 3.63) is 58.2 Å². The highest BCUT2D eigenvalue weighted by Gasteiger charge is 2.00. The zero-order valence-corrected chi connectivity index (χ0v) is 11.4. The van der Waals surface area contributed by atoms with Gasteiger partial charge in [0, 0.05) is 6.54 Å². The molecule has 0 radical (unpaired) electrons. The first-order chi connectivity index (χ1) is 8.29. The van der Waals surface area contributed by atoms with Crippen LogP contribution in [-0.2, 0) is 13.0 Å². The van der Waals surface area contributed by atoms with Crippen LogP contribution >= 0.6 is 15.9 Å². The van der Waals surface area contributed by atoms with Gasteiger partial charge in [0.2, 0.25) is 0 Å². The minimum Gasteiger partial charge on any atom is -0.366 e. The Morgan fingerprint density at radius 1 is 1.06 bits per heavy atom.